The number of rotatable bonds is 7. The third kappa shape index (κ3) is 5.73. The maximum absolute atomic E-state index is 14.2. The van der Waals surface area contributed by atoms with E-state index in [4.69, 9.17) is 0 Å². The SMILES string of the molecule is C[C@H](NC(=O)[C@@H]1C[C@@H](O)CN1C(=O)[C@@H](n1cc(C2CC2)nn1)C(C)(C)C)c1ccc(-c2ccccc2F)cc1. The first-order valence-electron chi connectivity index (χ1n) is 13.6. The molecule has 2 aromatic carbocycles. The first kappa shape index (κ1) is 27.0. The van der Waals surface area contributed by atoms with Crippen LogP contribution in [0.1, 0.15) is 76.2 Å². The van der Waals surface area contributed by atoms with E-state index >= 15 is 0 Å². The van der Waals surface area contributed by atoms with Crippen molar-refractivity contribution in [2.24, 2.45) is 5.41 Å². The average Bonchev–Trinajstić information content (AvgIpc) is 3.50. The third-order valence-electron chi connectivity index (χ3n) is 7.66. The van der Waals surface area contributed by atoms with Gasteiger partial charge >= 0.3 is 0 Å². The number of likely N-dealkylation sites (tertiary alicyclic amines) is 1. The summed E-state index contributed by atoms with van der Waals surface area (Å²) < 4.78 is 15.8. The molecule has 0 unspecified atom stereocenters. The van der Waals surface area contributed by atoms with Crippen molar-refractivity contribution in [2.45, 2.75) is 77.1 Å². The number of carbonyl (C=O) groups is 2. The van der Waals surface area contributed by atoms with Gasteiger partial charge in [-0.15, -0.1) is 5.10 Å². The second kappa shape index (κ2) is 10.5. The van der Waals surface area contributed by atoms with Gasteiger partial charge < -0.3 is 15.3 Å². The van der Waals surface area contributed by atoms with Gasteiger partial charge in [0.05, 0.1) is 17.8 Å². The molecule has 2 fully saturated rings. The van der Waals surface area contributed by atoms with Crippen LogP contribution in [0.2, 0.25) is 0 Å². The topological polar surface area (TPSA) is 100 Å². The highest BCUT2D eigenvalue weighted by Gasteiger charge is 2.45. The van der Waals surface area contributed by atoms with E-state index < -0.39 is 23.6 Å². The molecule has 1 saturated heterocycles. The van der Waals surface area contributed by atoms with E-state index in [0.29, 0.717) is 11.5 Å². The van der Waals surface area contributed by atoms with Crippen LogP contribution in [0.4, 0.5) is 4.39 Å². The molecule has 5 rings (SSSR count). The Morgan fingerprint density at radius 1 is 1.10 bits per heavy atom. The van der Waals surface area contributed by atoms with E-state index in [2.05, 4.69) is 15.6 Å². The molecule has 9 heteroatoms. The highest BCUT2D eigenvalue weighted by Crippen LogP contribution is 2.40. The summed E-state index contributed by atoms with van der Waals surface area (Å²) >= 11 is 0. The molecule has 2 N–H and O–H groups in total. The molecule has 39 heavy (non-hydrogen) atoms. The van der Waals surface area contributed by atoms with Crippen LogP contribution in [0.3, 0.4) is 0 Å². The Labute approximate surface area is 228 Å². The quantitative estimate of drug-likeness (QED) is 0.469. The first-order chi connectivity index (χ1) is 18.5. The Morgan fingerprint density at radius 3 is 2.44 bits per heavy atom. The predicted molar refractivity (Wildman–Crippen MR) is 145 cm³/mol. The molecule has 1 aliphatic carbocycles. The van der Waals surface area contributed by atoms with Crippen LogP contribution in [0.25, 0.3) is 11.1 Å². The molecule has 1 saturated carbocycles. The molecule has 0 radical (unpaired) electrons. The van der Waals surface area contributed by atoms with E-state index in [1.165, 1.54) is 11.0 Å². The second-order valence-corrected chi connectivity index (χ2v) is 11.9. The summed E-state index contributed by atoms with van der Waals surface area (Å²) in [7, 11) is 0. The number of nitrogens with zero attached hydrogens (tertiary/aromatic N) is 4. The van der Waals surface area contributed by atoms with Gasteiger partial charge in [0.25, 0.3) is 0 Å². The van der Waals surface area contributed by atoms with Crippen LogP contribution in [0.5, 0.6) is 0 Å². The molecule has 2 heterocycles. The molecule has 1 aliphatic heterocycles. The van der Waals surface area contributed by atoms with Gasteiger partial charge in [-0.25, -0.2) is 9.07 Å². The third-order valence-corrected chi connectivity index (χ3v) is 7.66. The first-order valence-corrected chi connectivity index (χ1v) is 13.6. The Kier molecular flexibility index (Phi) is 7.29. The minimum atomic E-state index is -0.802. The normalized spacial score (nSPS) is 21.0. The Balaban J connectivity index is 1.31. The molecule has 2 aliphatic rings. The number of aliphatic hydroxyl groups is 1. The van der Waals surface area contributed by atoms with Gasteiger partial charge in [-0.1, -0.05) is 68.4 Å². The monoisotopic (exact) mass is 533 g/mol. The zero-order valence-corrected chi connectivity index (χ0v) is 22.8. The van der Waals surface area contributed by atoms with Crippen molar-refractivity contribution in [2.75, 3.05) is 6.54 Å². The minimum Gasteiger partial charge on any atom is -0.391 e. The molecule has 206 valence electrons. The molecule has 1 aromatic heterocycles. The number of carbonyl (C=O) groups excluding carboxylic acids is 2. The maximum atomic E-state index is 14.2. The van der Waals surface area contributed by atoms with Crippen LogP contribution in [-0.4, -0.2) is 55.5 Å². The van der Waals surface area contributed by atoms with E-state index in [1.54, 1.807) is 22.9 Å². The van der Waals surface area contributed by atoms with Crippen LogP contribution in [0.15, 0.2) is 54.7 Å². The lowest BCUT2D eigenvalue weighted by molar-refractivity contribution is -0.144. The molecule has 0 bridgehead atoms. The van der Waals surface area contributed by atoms with Gasteiger partial charge in [-0.2, -0.15) is 0 Å². The Hall–Kier alpha value is -3.59. The summed E-state index contributed by atoms with van der Waals surface area (Å²) in [5, 5.41) is 22.1. The van der Waals surface area contributed by atoms with Gasteiger partial charge in [0.15, 0.2) is 0 Å². The van der Waals surface area contributed by atoms with Gasteiger partial charge in [0.1, 0.15) is 17.9 Å². The van der Waals surface area contributed by atoms with Gasteiger partial charge in [-0.05, 0) is 42.4 Å². The van der Waals surface area contributed by atoms with Crippen LogP contribution >= 0.6 is 0 Å². The lowest BCUT2D eigenvalue weighted by atomic mass is 9.85. The Morgan fingerprint density at radius 2 is 1.79 bits per heavy atom. The summed E-state index contributed by atoms with van der Waals surface area (Å²) in [6.07, 6.45) is 3.38. The maximum Gasteiger partial charge on any atom is 0.248 e. The lowest BCUT2D eigenvalue weighted by Crippen LogP contribution is -2.50. The standard InChI is InChI=1S/C30H36FN5O3/c1-18(19-9-11-20(12-10-19)23-7-5-6-8-24(23)31)32-28(38)26-15-22(37)16-35(26)29(39)27(30(2,3)4)36-17-25(33-34-36)21-13-14-21/h5-12,17-18,21-22,26-27,37H,13-16H2,1-4H3,(H,32,38)/t18-,22+,26-,27+/m0/s1. The van der Waals surface area contributed by atoms with Crippen LogP contribution < -0.4 is 5.32 Å². The zero-order valence-electron chi connectivity index (χ0n) is 22.8. The number of halogens is 1. The summed E-state index contributed by atoms with van der Waals surface area (Å²) in [4.78, 5) is 28.8. The summed E-state index contributed by atoms with van der Waals surface area (Å²) in [5.41, 5.74) is 2.51. The molecular weight excluding hydrogens is 497 g/mol. The zero-order chi connectivity index (χ0) is 27.9. The van der Waals surface area contributed by atoms with E-state index in [1.807, 2.05) is 58.2 Å². The highest BCUT2D eigenvalue weighted by molar-refractivity contribution is 5.90. The van der Waals surface area contributed by atoms with Crippen molar-refractivity contribution in [3.8, 4) is 11.1 Å². The number of hydrogen-bond donors (Lipinski definition) is 2. The summed E-state index contributed by atoms with van der Waals surface area (Å²) in [6, 6.07) is 12.1. The van der Waals surface area contributed by atoms with Gasteiger partial charge in [0, 0.05) is 30.6 Å². The van der Waals surface area contributed by atoms with E-state index in [-0.39, 0.29) is 36.6 Å². The van der Waals surface area contributed by atoms with Crippen molar-refractivity contribution in [3.63, 3.8) is 0 Å². The molecule has 4 atom stereocenters. The molecule has 0 spiro atoms. The number of amides is 2. The summed E-state index contributed by atoms with van der Waals surface area (Å²) in [6.45, 7) is 7.83. The van der Waals surface area contributed by atoms with E-state index in [0.717, 1.165) is 29.7 Å². The van der Waals surface area contributed by atoms with Crippen molar-refractivity contribution in [1.82, 2.24) is 25.2 Å². The van der Waals surface area contributed by atoms with Gasteiger partial charge in [0.2, 0.25) is 11.8 Å². The molecular formula is C30H36FN5O3. The second-order valence-electron chi connectivity index (χ2n) is 11.9. The number of hydrogen-bond acceptors (Lipinski definition) is 5. The summed E-state index contributed by atoms with van der Waals surface area (Å²) in [5.74, 6) is -0.466. The Bertz CT molecular complexity index is 1350. The fourth-order valence-corrected chi connectivity index (χ4v) is 5.37. The molecule has 3 aromatic rings. The smallest absolute Gasteiger partial charge is 0.248 e. The van der Waals surface area contributed by atoms with Crippen molar-refractivity contribution < 1.29 is 19.1 Å². The number of aliphatic hydroxyl groups excluding tert-OH is 1. The van der Waals surface area contributed by atoms with Crippen molar-refractivity contribution >= 4 is 11.8 Å². The fourth-order valence-electron chi connectivity index (χ4n) is 5.37. The van der Waals surface area contributed by atoms with E-state index in [9.17, 15) is 19.1 Å². The highest BCUT2D eigenvalue weighted by atomic mass is 19.1. The van der Waals surface area contributed by atoms with Crippen LogP contribution in [-0.2, 0) is 9.59 Å². The van der Waals surface area contributed by atoms with Crippen molar-refractivity contribution in [1.29, 1.82) is 0 Å². The molecule has 2 amide bonds. The van der Waals surface area contributed by atoms with Gasteiger partial charge in [-0.3, -0.25) is 9.59 Å². The predicted octanol–water partition coefficient (Wildman–Crippen LogP) is 4.39. The minimum absolute atomic E-state index is 0.0827. The number of β-amino-alcohol motifs (C(OH)–C–C–N with tert-alkyl or cyclic N) is 1. The molecule has 8 nitrogen and oxygen atoms in total. The largest absolute Gasteiger partial charge is 0.391 e. The lowest BCUT2D eigenvalue weighted by Gasteiger charge is -2.34. The number of nitrogens with one attached hydrogen (secondary N) is 1. The van der Waals surface area contributed by atoms with Crippen LogP contribution in [0, 0.1) is 11.2 Å². The number of benzene rings is 2. The number of aromatic nitrogens is 3. The average molecular weight is 534 g/mol. The fraction of sp³-hybridized carbons (Fsp3) is 0.467. The van der Waals surface area contributed by atoms with Crippen molar-refractivity contribution in [3.05, 3.63) is 71.8 Å².